The lowest BCUT2D eigenvalue weighted by Crippen LogP contribution is -2.51. The number of anilines is 1. The fourth-order valence-electron chi connectivity index (χ4n) is 3.62. The number of amides is 2. The van der Waals surface area contributed by atoms with Crippen LogP contribution in [0.15, 0.2) is 42.9 Å². The second kappa shape index (κ2) is 7.69. The van der Waals surface area contributed by atoms with Gasteiger partial charge in [-0.05, 0) is 18.2 Å². The first-order chi connectivity index (χ1) is 13.2. The van der Waals surface area contributed by atoms with Crippen LogP contribution in [0.3, 0.4) is 0 Å². The summed E-state index contributed by atoms with van der Waals surface area (Å²) in [6.07, 6.45) is 5.45. The molecule has 0 saturated carbocycles. The van der Waals surface area contributed by atoms with Gasteiger partial charge in [-0.15, -0.1) is 0 Å². The average Bonchev–Trinajstić information content (AvgIpc) is 3.09. The lowest BCUT2D eigenvalue weighted by atomic mass is 10.1. The monoisotopic (exact) mass is 366 g/mol. The standard InChI is InChI=1S/C19H22N6O2/c26-17-12-15(13-25(17)14-16-4-1-2-5-20-16)18(27)23-8-10-24(11-9-23)19-21-6-3-7-22-19/h1-7,15H,8-14H2/t15-/m1/s1. The zero-order valence-electron chi connectivity index (χ0n) is 15.1. The molecule has 8 heteroatoms. The number of likely N-dealkylation sites (tertiary alicyclic amines) is 1. The van der Waals surface area contributed by atoms with E-state index in [9.17, 15) is 9.59 Å². The summed E-state index contributed by atoms with van der Waals surface area (Å²) >= 11 is 0. The Morgan fingerprint density at radius 3 is 2.44 bits per heavy atom. The number of hydrogen-bond donors (Lipinski definition) is 0. The molecule has 0 N–H and O–H groups in total. The number of pyridine rings is 1. The molecular formula is C19H22N6O2. The summed E-state index contributed by atoms with van der Waals surface area (Å²) in [5.74, 6) is 0.527. The highest BCUT2D eigenvalue weighted by molar-refractivity contribution is 5.89. The van der Waals surface area contributed by atoms with Gasteiger partial charge in [0, 0.05) is 57.7 Å². The van der Waals surface area contributed by atoms with Crippen molar-refractivity contribution >= 4 is 17.8 Å². The van der Waals surface area contributed by atoms with Gasteiger partial charge in [-0.1, -0.05) is 6.07 Å². The van der Waals surface area contributed by atoms with E-state index in [4.69, 9.17) is 0 Å². The van der Waals surface area contributed by atoms with Gasteiger partial charge < -0.3 is 14.7 Å². The second-order valence-electron chi connectivity index (χ2n) is 6.86. The molecule has 2 aromatic heterocycles. The molecule has 0 spiro atoms. The van der Waals surface area contributed by atoms with Gasteiger partial charge in [0.1, 0.15) is 0 Å². The molecule has 4 heterocycles. The van der Waals surface area contributed by atoms with Crippen molar-refractivity contribution in [2.45, 2.75) is 13.0 Å². The van der Waals surface area contributed by atoms with Gasteiger partial charge in [-0.3, -0.25) is 14.6 Å². The molecule has 2 aromatic rings. The summed E-state index contributed by atoms with van der Waals surface area (Å²) in [6, 6.07) is 7.44. The number of rotatable bonds is 4. The summed E-state index contributed by atoms with van der Waals surface area (Å²) in [6.45, 7) is 3.59. The Balaban J connectivity index is 1.32. The van der Waals surface area contributed by atoms with Gasteiger partial charge >= 0.3 is 0 Å². The van der Waals surface area contributed by atoms with Crippen LogP contribution in [0.2, 0.25) is 0 Å². The normalized spacial score (nSPS) is 20.2. The lowest BCUT2D eigenvalue weighted by molar-refractivity contribution is -0.136. The highest BCUT2D eigenvalue weighted by Crippen LogP contribution is 2.23. The third kappa shape index (κ3) is 3.89. The minimum absolute atomic E-state index is 0.0234. The maximum atomic E-state index is 12.9. The van der Waals surface area contributed by atoms with Gasteiger partial charge in [0.2, 0.25) is 17.8 Å². The Labute approximate surface area is 157 Å². The zero-order valence-corrected chi connectivity index (χ0v) is 15.1. The number of piperazine rings is 1. The zero-order chi connectivity index (χ0) is 18.6. The van der Waals surface area contributed by atoms with Crippen molar-refractivity contribution < 1.29 is 9.59 Å². The Morgan fingerprint density at radius 2 is 1.74 bits per heavy atom. The van der Waals surface area contributed by atoms with Crippen LogP contribution in [0.4, 0.5) is 5.95 Å². The molecule has 27 heavy (non-hydrogen) atoms. The Kier molecular flexibility index (Phi) is 4.95. The van der Waals surface area contributed by atoms with Crippen LogP contribution >= 0.6 is 0 Å². The number of aromatic nitrogens is 3. The fourth-order valence-corrected chi connectivity index (χ4v) is 3.62. The van der Waals surface area contributed by atoms with Crippen LogP contribution in [0.1, 0.15) is 12.1 Å². The number of carbonyl (C=O) groups excluding carboxylic acids is 2. The molecule has 0 bridgehead atoms. The van der Waals surface area contributed by atoms with Crippen molar-refractivity contribution in [3.05, 3.63) is 48.5 Å². The van der Waals surface area contributed by atoms with Gasteiger partial charge in [-0.2, -0.15) is 0 Å². The van der Waals surface area contributed by atoms with Crippen LogP contribution in [-0.4, -0.2) is 69.3 Å². The van der Waals surface area contributed by atoms with Crippen LogP contribution in [0, 0.1) is 5.92 Å². The van der Waals surface area contributed by atoms with Crippen LogP contribution in [0.25, 0.3) is 0 Å². The highest BCUT2D eigenvalue weighted by Gasteiger charge is 2.37. The summed E-state index contributed by atoms with van der Waals surface area (Å²) in [5.41, 5.74) is 0.843. The molecule has 0 aliphatic carbocycles. The first kappa shape index (κ1) is 17.4. The maximum absolute atomic E-state index is 12.9. The van der Waals surface area contributed by atoms with E-state index in [0.717, 1.165) is 5.69 Å². The van der Waals surface area contributed by atoms with E-state index in [1.165, 1.54) is 0 Å². The predicted molar refractivity (Wildman–Crippen MR) is 98.6 cm³/mol. The molecule has 2 aliphatic heterocycles. The first-order valence-electron chi connectivity index (χ1n) is 9.19. The topological polar surface area (TPSA) is 82.5 Å². The molecule has 0 aromatic carbocycles. The van der Waals surface area contributed by atoms with Gasteiger partial charge in [0.05, 0.1) is 18.2 Å². The van der Waals surface area contributed by atoms with Gasteiger partial charge in [0.25, 0.3) is 0 Å². The molecule has 4 rings (SSSR count). The molecule has 2 fully saturated rings. The van der Waals surface area contributed by atoms with Crippen molar-refractivity contribution in [1.82, 2.24) is 24.8 Å². The molecule has 8 nitrogen and oxygen atoms in total. The third-order valence-electron chi connectivity index (χ3n) is 5.07. The molecule has 0 radical (unpaired) electrons. The fraction of sp³-hybridized carbons (Fsp3) is 0.421. The van der Waals surface area contributed by atoms with E-state index in [-0.39, 0.29) is 24.2 Å². The second-order valence-corrected chi connectivity index (χ2v) is 6.86. The van der Waals surface area contributed by atoms with Gasteiger partial charge in [0.15, 0.2) is 0 Å². The summed E-state index contributed by atoms with van der Waals surface area (Å²) < 4.78 is 0. The Bertz CT molecular complexity index is 792. The van der Waals surface area contributed by atoms with E-state index in [1.807, 2.05) is 23.1 Å². The minimum Gasteiger partial charge on any atom is -0.339 e. The molecule has 1 atom stereocenters. The average molecular weight is 366 g/mol. The smallest absolute Gasteiger partial charge is 0.228 e. The lowest BCUT2D eigenvalue weighted by Gasteiger charge is -2.35. The van der Waals surface area contributed by atoms with E-state index < -0.39 is 0 Å². The van der Waals surface area contributed by atoms with E-state index in [1.54, 1.807) is 29.6 Å². The summed E-state index contributed by atoms with van der Waals surface area (Å²) in [4.78, 5) is 43.7. The summed E-state index contributed by atoms with van der Waals surface area (Å²) in [5, 5.41) is 0. The molecule has 2 aliphatic rings. The largest absolute Gasteiger partial charge is 0.339 e. The van der Waals surface area contributed by atoms with Gasteiger partial charge in [-0.25, -0.2) is 9.97 Å². The third-order valence-corrected chi connectivity index (χ3v) is 5.07. The van der Waals surface area contributed by atoms with Crippen molar-refractivity contribution in [3.63, 3.8) is 0 Å². The Morgan fingerprint density at radius 1 is 1.00 bits per heavy atom. The molecule has 2 saturated heterocycles. The molecular weight excluding hydrogens is 344 g/mol. The SMILES string of the molecule is O=C1C[C@@H](C(=O)N2CCN(c3ncccn3)CC2)CN1Cc1ccccn1. The van der Waals surface area contributed by atoms with Crippen molar-refractivity contribution in [3.8, 4) is 0 Å². The molecule has 140 valence electrons. The van der Waals surface area contributed by atoms with Crippen LogP contribution in [-0.2, 0) is 16.1 Å². The first-order valence-corrected chi connectivity index (χ1v) is 9.19. The van der Waals surface area contributed by atoms with Crippen LogP contribution < -0.4 is 4.90 Å². The van der Waals surface area contributed by atoms with E-state index in [2.05, 4.69) is 19.9 Å². The van der Waals surface area contributed by atoms with E-state index >= 15 is 0 Å². The number of hydrogen-bond acceptors (Lipinski definition) is 6. The van der Waals surface area contributed by atoms with Crippen LogP contribution in [0.5, 0.6) is 0 Å². The van der Waals surface area contributed by atoms with Crippen molar-refractivity contribution in [2.75, 3.05) is 37.6 Å². The van der Waals surface area contributed by atoms with Crippen molar-refractivity contribution in [1.29, 1.82) is 0 Å². The minimum atomic E-state index is -0.263. The number of carbonyl (C=O) groups is 2. The van der Waals surface area contributed by atoms with E-state index in [0.29, 0.717) is 45.2 Å². The quantitative estimate of drug-likeness (QED) is 0.787. The maximum Gasteiger partial charge on any atom is 0.228 e. The number of nitrogens with zero attached hydrogens (tertiary/aromatic N) is 6. The molecule has 2 amide bonds. The van der Waals surface area contributed by atoms with Crippen molar-refractivity contribution in [2.24, 2.45) is 5.92 Å². The Hall–Kier alpha value is -3.03. The predicted octanol–water partition coefficient (Wildman–Crippen LogP) is 0.569. The molecule has 0 unspecified atom stereocenters. The summed E-state index contributed by atoms with van der Waals surface area (Å²) in [7, 11) is 0. The highest BCUT2D eigenvalue weighted by atomic mass is 16.2.